The molecule has 1 aliphatic heterocycles. The standard InChI is InChI=1S/C22H28N2O3S/c1-17-11-12-20(28(26,27)24-13-7-4-8-14-24)15-21(17)22(25)23-16-18(2)19-9-5-3-6-10-19/h3,5-6,9-12,15,18H,4,7-8,13-14,16H2,1-2H3,(H,23,25)/t18-/m0/s1. The van der Waals surface area contributed by atoms with E-state index in [2.05, 4.69) is 12.2 Å². The molecule has 1 amide bonds. The van der Waals surface area contributed by atoms with Gasteiger partial charge in [0.1, 0.15) is 0 Å². The van der Waals surface area contributed by atoms with Gasteiger partial charge in [0.05, 0.1) is 4.90 Å². The topological polar surface area (TPSA) is 66.5 Å². The van der Waals surface area contributed by atoms with Crippen LogP contribution in [0.15, 0.2) is 53.4 Å². The molecule has 0 saturated carbocycles. The lowest BCUT2D eigenvalue weighted by Gasteiger charge is -2.26. The number of piperidine rings is 1. The summed E-state index contributed by atoms with van der Waals surface area (Å²) in [7, 11) is -3.56. The Bertz CT molecular complexity index is 920. The van der Waals surface area contributed by atoms with Crippen molar-refractivity contribution in [3.05, 3.63) is 65.2 Å². The number of carbonyl (C=O) groups excluding carboxylic acids is 1. The quantitative estimate of drug-likeness (QED) is 0.804. The van der Waals surface area contributed by atoms with Crippen molar-refractivity contribution >= 4 is 15.9 Å². The van der Waals surface area contributed by atoms with Gasteiger partial charge in [0.15, 0.2) is 0 Å². The van der Waals surface area contributed by atoms with Crippen molar-refractivity contribution in [3.63, 3.8) is 0 Å². The van der Waals surface area contributed by atoms with E-state index in [1.165, 1.54) is 10.4 Å². The Hall–Kier alpha value is -2.18. The van der Waals surface area contributed by atoms with Crippen molar-refractivity contribution in [2.45, 2.75) is 43.9 Å². The number of hydrogen-bond acceptors (Lipinski definition) is 3. The molecule has 1 N–H and O–H groups in total. The summed E-state index contributed by atoms with van der Waals surface area (Å²) in [5.41, 5.74) is 2.33. The third kappa shape index (κ3) is 4.62. The molecule has 3 rings (SSSR count). The van der Waals surface area contributed by atoms with E-state index in [-0.39, 0.29) is 16.7 Å². The molecule has 0 aromatic heterocycles. The zero-order valence-electron chi connectivity index (χ0n) is 16.5. The molecule has 0 radical (unpaired) electrons. The maximum Gasteiger partial charge on any atom is 0.251 e. The highest BCUT2D eigenvalue weighted by molar-refractivity contribution is 7.89. The molecule has 1 aliphatic rings. The molecule has 2 aromatic carbocycles. The van der Waals surface area contributed by atoms with Crippen LogP contribution in [0, 0.1) is 6.92 Å². The van der Waals surface area contributed by atoms with E-state index in [9.17, 15) is 13.2 Å². The highest BCUT2D eigenvalue weighted by Crippen LogP contribution is 2.23. The van der Waals surface area contributed by atoms with Gasteiger partial charge in [0, 0.05) is 25.2 Å². The zero-order chi connectivity index (χ0) is 20.1. The number of aryl methyl sites for hydroxylation is 1. The van der Waals surface area contributed by atoms with Crippen LogP contribution in [0.4, 0.5) is 0 Å². The van der Waals surface area contributed by atoms with Gasteiger partial charge in [-0.2, -0.15) is 4.31 Å². The van der Waals surface area contributed by atoms with Gasteiger partial charge in [-0.05, 0) is 48.9 Å². The second-order valence-electron chi connectivity index (χ2n) is 7.46. The third-order valence-electron chi connectivity index (χ3n) is 5.34. The molecule has 28 heavy (non-hydrogen) atoms. The number of sulfonamides is 1. The molecule has 1 saturated heterocycles. The van der Waals surface area contributed by atoms with Crippen molar-refractivity contribution in [3.8, 4) is 0 Å². The Morgan fingerprint density at radius 2 is 1.75 bits per heavy atom. The number of carbonyl (C=O) groups is 1. The predicted molar refractivity (Wildman–Crippen MR) is 111 cm³/mol. The zero-order valence-corrected chi connectivity index (χ0v) is 17.3. The average molecular weight is 401 g/mol. The summed E-state index contributed by atoms with van der Waals surface area (Å²) >= 11 is 0. The maximum atomic E-state index is 12.9. The number of hydrogen-bond donors (Lipinski definition) is 1. The lowest BCUT2D eigenvalue weighted by Crippen LogP contribution is -2.36. The van der Waals surface area contributed by atoms with Crippen molar-refractivity contribution in [1.29, 1.82) is 0 Å². The van der Waals surface area contributed by atoms with Gasteiger partial charge < -0.3 is 5.32 Å². The van der Waals surface area contributed by atoms with Crippen molar-refractivity contribution < 1.29 is 13.2 Å². The van der Waals surface area contributed by atoms with Gasteiger partial charge in [-0.15, -0.1) is 0 Å². The summed E-state index contributed by atoms with van der Waals surface area (Å²) in [5, 5.41) is 2.95. The normalized spacial score (nSPS) is 16.5. The molecule has 0 unspecified atom stereocenters. The smallest absolute Gasteiger partial charge is 0.251 e. The minimum absolute atomic E-state index is 0.172. The molecule has 1 fully saturated rings. The first-order valence-corrected chi connectivity index (χ1v) is 11.3. The summed E-state index contributed by atoms with van der Waals surface area (Å²) in [5.74, 6) is -0.0679. The van der Waals surface area contributed by atoms with Gasteiger partial charge in [-0.3, -0.25) is 4.79 Å². The van der Waals surface area contributed by atoms with E-state index in [0.29, 0.717) is 25.2 Å². The number of benzene rings is 2. The molecule has 0 spiro atoms. The molecule has 150 valence electrons. The summed E-state index contributed by atoms with van der Waals surface area (Å²) in [6.07, 6.45) is 2.83. The molecule has 0 aliphatic carbocycles. The summed E-state index contributed by atoms with van der Waals surface area (Å²) in [4.78, 5) is 12.9. The molecule has 5 nitrogen and oxygen atoms in total. The Balaban J connectivity index is 1.74. The lowest BCUT2D eigenvalue weighted by atomic mass is 10.0. The van der Waals surface area contributed by atoms with Gasteiger partial charge >= 0.3 is 0 Å². The molecule has 0 bridgehead atoms. The van der Waals surface area contributed by atoms with Crippen LogP contribution in [-0.2, 0) is 10.0 Å². The number of nitrogens with one attached hydrogen (secondary N) is 1. The predicted octanol–water partition coefficient (Wildman–Crippen LogP) is 3.70. The van der Waals surface area contributed by atoms with Crippen molar-refractivity contribution in [2.24, 2.45) is 0 Å². The first-order valence-electron chi connectivity index (χ1n) is 9.83. The van der Waals surface area contributed by atoms with Crippen LogP contribution in [0.25, 0.3) is 0 Å². The minimum Gasteiger partial charge on any atom is -0.351 e. The Kier molecular flexibility index (Phi) is 6.52. The minimum atomic E-state index is -3.56. The van der Waals surface area contributed by atoms with Crippen LogP contribution in [0.1, 0.15) is 53.6 Å². The average Bonchev–Trinajstić information content (AvgIpc) is 2.73. The SMILES string of the molecule is Cc1ccc(S(=O)(=O)N2CCCCC2)cc1C(=O)NC[C@H](C)c1ccccc1. The van der Waals surface area contributed by atoms with E-state index in [1.54, 1.807) is 12.1 Å². The van der Waals surface area contributed by atoms with E-state index in [1.807, 2.05) is 37.3 Å². The van der Waals surface area contributed by atoms with Crippen LogP contribution >= 0.6 is 0 Å². The van der Waals surface area contributed by atoms with Gasteiger partial charge in [0.25, 0.3) is 5.91 Å². The van der Waals surface area contributed by atoms with Crippen LogP contribution in [-0.4, -0.2) is 38.3 Å². The van der Waals surface area contributed by atoms with Gasteiger partial charge in [-0.25, -0.2) is 8.42 Å². The fourth-order valence-electron chi connectivity index (χ4n) is 3.50. The van der Waals surface area contributed by atoms with Crippen LogP contribution in [0.3, 0.4) is 0 Å². The molecular weight excluding hydrogens is 372 g/mol. The van der Waals surface area contributed by atoms with E-state index in [0.717, 1.165) is 30.4 Å². The second kappa shape index (κ2) is 8.88. The molecular formula is C22H28N2O3S. The third-order valence-corrected chi connectivity index (χ3v) is 7.24. The van der Waals surface area contributed by atoms with Crippen LogP contribution in [0.2, 0.25) is 0 Å². The van der Waals surface area contributed by atoms with Crippen molar-refractivity contribution in [2.75, 3.05) is 19.6 Å². The van der Waals surface area contributed by atoms with E-state index in [4.69, 9.17) is 0 Å². The summed E-state index contributed by atoms with van der Waals surface area (Å²) < 4.78 is 27.4. The molecule has 1 atom stereocenters. The van der Waals surface area contributed by atoms with Gasteiger partial charge in [-0.1, -0.05) is 49.7 Å². The highest BCUT2D eigenvalue weighted by Gasteiger charge is 2.27. The number of rotatable bonds is 6. The Morgan fingerprint density at radius 3 is 2.43 bits per heavy atom. The second-order valence-corrected chi connectivity index (χ2v) is 9.40. The van der Waals surface area contributed by atoms with E-state index < -0.39 is 10.0 Å². The summed E-state index contributed by atoms with van der Waals surface area (Å²) in [6, 6.07) is 14.8. The van der Waals surface area contributed by atoms with Crippen LogP contribution in [0.5, 0.6) is 0 Å². The monoisotopic (exact) mass is 400 g/mol. The van der Waals surface area contributed by atoms with E-state index >= 15 is 0 Å². The molecule has 2 aromatic rings. The largest absolute Gasteiger partial charge is 0.351 e. The highest BCUT2D eigenvalue weighted by atomic mass is 32.2. The first kappa shape index (κ1) is 20.6. The molecule has 6 heteroatoms. The Labute approximate surface area is 167 Å². The fraction of sp³-hybridized carbons (Fsp3) is 0.409. The fourth-order valence-corrected chi connectivity index (χ4v) is 5.04. The maximum absolute atomic E-state index is 12.9. The lowest BCUT2D eigenvalue weighted by molar-refractivity contribution is 0.0951. The van der Waals surface area contributed by atoms with Crippen LogP contribution < -0.4 is 5.32 Å². The number of nitrogens with zero attached hydrogens (tertiary/aromatic N) is 1. The number of amides is 1. The summed E-state index contributed by atoms with van der Waals surface area (Å²) in [6.45, 7) is 5.47. The Morgan fingerprint density at radius 1 is 1.07 bits per heavy atom. The first-order chi connectivity index (χ1) is 13.4. The van der Waals surface area contributed by atoms with Crippen molar-refractivity contribution in [1.82, 2.24) is 9.62 Å². The van der Waals surface area contributed by atoms with Gasteiger partial charge in [0.2, 0.25) is 10.0 Å². The molecule has 1 heterocycles.